The third-order valence-electron chi connectivity index (χ3n) is 1.38. The van der Waals surface area contributed by atoms with Gasteiger partial charge in [-0.05, 0) is 36.0 Å². The lowest BCUT2D eigenvalue weighted by Gasteiger charge is -1.98. The Morgan fingerprint density at radius 3 is 2.57 bits per heavy atom. The van der Waals surface area contributed by atoms with Crippen molar-refractivity contribution >= 4 is 28.8 Å². The van der Waals surface area contributed by atoms with Gasteiger partial charge in [-0.25, -0.2) is 9.59 Å². The quantitative estimate of drug-likeness (QED) is 0.325. The molecule has 0 bridgehead atoms. The van der Waals surface area contributed by atoms with E-state index >= 15 is 0 Å². The number of methoxy groups -OCH3 is 1. The van der Waals surface area contributed by atoms with Crippen LogP contribution in [0, 0.1) is 0 Å². The van der Waals surface area contributed by atoms with Crippen LogP contribution in [0.3, 0.4) is 0 Å². The molecular formula is C9H7NO3S. The van der Waals surface area contributed by atoms with E-state index in [0.29, 0.717) is 5.69 Å². The van der Waals surface area contributed by atoms with Gasteiger partial charge < -0.3 is 4.74 Å². The SMILES string of the molecule is COC(=O)Sc1ccc(N=C=O)cc1. The van der Waals surface area contributed by atoms with Gasteiger partial charge in [-0.3, -0.25) is 0 Å². The largest absolute Gasteiger partial charge is 0.461 e. The molecule has 0 aromatic heterocycles. The highest BCUT2D eigenvalue weighted by atomic mass is 32.2. The molecule has 0 aliphatic rings. The summed E-state index contributed by atoms with van der Waals surface area (Å²) in [6, 6.07) is 6.60. The fourth-order valence-corrected chi connectivity index (χ4v) is 1.33. The van der Waals surface area contributed by atoms with Crippen molar-refractivity contribution < 1.29 is 14.3 Å². The Morgan fingerprint density at radius 2 is 2.07 bits per heavy atom. The number of hydrogen-bond donors (Lipinski definition) is 0. The number of nitrogens with zero attached hydrogens (tertiary/aromatic N) is 1. The number of isocyanates is 1. The van der Waals surface area contributed by atoms with Crippen LogP contribution in [0.2, 0.25) is 0 Å². The lowest BCUT2D eigenvalue weighted by molar-refractivity contribution is 0.200. The molecule has 0 spiro atoms. The zero-order valence-electron chi connectivity index (χ0n) is 7.39. The molecule has 4 nitrogen and oxygen atoms in total. The van der Waals surface area contributed by atoms with Crippen LogP contribution in [-0.4, -0.2) is 18.5 Å². The summed E-state index contributed by atoms with van der Waals surface area (Å²) in [6.45, 7) is 0. The molecular weight excluding hydrogens is 202 g/mol. The van der Waals surface area contributed by atoms with Gasteiger partial charge in [0.15, 0.2) is 0 Å². The van der Waals surface area contributed by atoms with Gasteiger partial charge in [0.2, 0.25) is 6.08 Å². The van der Waals surface area contributed by atoms with Crippen LogP contribution in [0.15, 0.2) is 34.2 Å². The maximum absolute atomic E-state index is 10.8. The number of rotatable bonds is 2. The van der Waals surface area contributed by atoms with Gasteiger partial charge in [0.1, 0.15) is 0 Å². The maximum Gasteiger partial charge on any atom is 0.371 e. The summed E-state index contributed by atoms with van der Waals surface area (Å²) in [5, 5.41) is -0.378. The normalized spacial score (nSPS) is 8.93. The van der Waals surface area contributed by atoms with E-state index < -0.39 is 0 Å². The second-order valence-electron chi connectivity index (χ2n) is 2.25. The van der Waals surface area contributed by atoms with E-state index in [1.54, 1.807) is 24.3 Å². The minimum Gasteiger partial charge on any atom is -0.461 e. The van der Waals surface area contributed by atoms with E-state index in [1.165, 1.54) is 13.2 Å². The first-order valence-corrected chi connectivity index (χ1v) is 4.51. The second kappa shape index (κ2) is 5.21. The molecule has 0 unspecified atom stereocenters. The first-order chi connectivity index (χ1) is 6.76. The highest BCUT2D eigenvalue weighted by Gasteiger charge is 2.02. The Balaban J connectivity index is 2.73. The molecule has 0 amide bonds. The summed E-state index contributed by atoms with van der Waals surface area (Å²) in [5.74, 6) is 0. The van der Waals surface area contributed by atoms with Crippen molar-refractivity contribution in [2.75, 3.05) is 7.11 Å². The summed E-state index contributed by atoms with van der Waals surface area (Å²) >= 11 is 0.969. The average molecular weight is 209 g/mol. The van der Waals surface area contributed by atoms with Crippen LogP contribution in [0.4, 0.5) is 10.5 Å². The predicted molar refractivity (Wildman–Crippen MR) is 52.5 cm³/mol. The van der Waals surface area contributed by atoms with Gasteiger partial charge in [0.25, 0.3) is 0 Å². The van der Waals surface area contributed by atoms with E-state index in [2.05, 4.69) is 9.73 Å². The van der Waals surface area contributed by atoms with E-state index in [0.717, 1.165) is 16.7 Å². The molecule has 0 saturated carbocycles. The van der Waals surface area contributed by atoms with E-state index in [-0.39, 0.29) is 5.30 Å². The molecule has 1 aromatic rings. The number of ether oxygens (including phenoxy) is 1. The van der Waals surface area contributed by atoms with Crippen molar-refractivity contribution in [1.29, 1.82) is 0 Å². The van der Waals surface area contributed by atoms with Crippen LogP contribution in [0.25, 0.3) is 0 Å². The summed E-state index contributed by atoms with van der Waals surface area (Å²) in [7, 11) is 1.32. The molecule has 0 fully saturated rings. The van der Waals surface area contributed by atoms with Crippen molar-refractivity contribution in [2.45, 2.75) is 4.90 Å². The minimum absolute atomic E-state index is 0.378. The van der Waals surface area contributed by atoms with Crippen molar-refractivity contribution in [3.05, 3.63) is 24.3 Å². The van der Waals surface area contributed by atoms with E-state index in [9.17, 15) is 9.59 Å². The monoisotopic (exact) mass is 209 g/mol. The Hall–Kier alpha value is -1.58. The van der Waals surface area contributed by atoms with E-state index in [1.807, 2.05) is 0 Å². The van der Waals surface area contributed by atoms with Crippen molar-refractivity contribution in [3.63, 3.8) is 0 Å². The molecule has 5 heteroatoms. The Bertz CT molecular complexity index is 368. The third-order valence-corrected chi connectivity index (χ3v) is 2.22. The smallest absolute Gasteiger partial charge is 0.371 e. The predicted octanol–water partition coefficient (Wildman–Crippen LogP) is 2.51. The maximum atomic E-state index is 10.8. The number of benzene rings is 1. The average Bonchev–Trinajstić information content (AvgIpc) is 2.21. The number of carbonyl (C=O) groups is 1. The van der Waals surface area contributed by atoms with Crippen LogP contribution in [-0.2, 0) is 9.53 Å². The fraction of sp³-hybridized carbons (Fsp3) is 0.111. The van der Waals surface area contributed by atoms with Crippen LogP contribution < -0.4 is 0 Å². The van der Waals surface area contributed by atoms with Gasteiger partial charge in [0.05, 0.1) is 12.8 Å². The van der Waals surface area contributed by atoms with Crippen LogP contribution in [0.5, 0.6) is 0 Å². The van der Waals surface area contributed by atoms with Crippen molar-refractivity contribution in [1.82, 2.24) is 0 Å². The highest BCUT2D eigenvalue weighted by molar-refractivity contribution is 8.13. The summed E-state index contributed by atoms with van der Waals surface area (Å²) in [4.78, 5) is 24.9. The summed E-state index contributed by atoms with van der Waals surface area (Å²) in [5.41, 5.74) is 0.509. The standard InChI is InChI=1S/C9H7NO3S/c1-13-9(12)14-8-4-2-7(3-5-8)10-6-11/h2-5H,1H3. The number of thioether (sulfide) groups is 1. The van der Waals surface area contributed by atoms with E-state index in [4.69, 9.17) is 0 Å². The molecule has 1 aromatic carbocycles. The van der Waals surface area contributed by atoms with Gasteiger partial charge >= 0.3 is 5.30 Å². The molecule has 72 valence electrons. The molecule has 1 rings (SSSR count). The Kier molecular flexibility index (Phi) is 3.91. The van der Waals surface area contributed by atoms with Gasteiger partial charge in [-0.2, -0.15) is 4.99 Å². The molecule has 14 heavy (non-hydrogen) atoms. The number of hydrogen-bond acceptors (Lipinski definition) is 5. The van der Waals surface area contributed by atoms with Crippen molar-refractivity contribution in [3.8, 4) is 0 Å². The van der Waals surface area contributed by atoms with Gasteiger partial charge in [-0.15, -0.1) is 0 Å². The first kappa shape index (κ1) is 10.5. The molecule has 0 aliphatic carbocycles. The second-order valence-corrected chi connectivity index (χ2v) is 3.26. The molecule has 0 radical (unpaired) electrons. The highest BCUT2D eigenvalue weighted by Crippen LogP contribution is 2.22. The topological polar surface area (TPSA) is 55.7 Å². The lowest BCUT2D eigenvalue weighted by atomic mass is 10.3. The summed E-state index contributed by atoms with van der Waals surface area (Å²) in [6.07, 6.45) is 1.43. The first-order valence-electron chi connectivity index (χ1n) is 3.70. The molecule has 0 heterocycles. The lowest BCUT2D eigenvalue weighted by Crippen LogP contribution is -1.89. The zero-order valence-corrected chi connectivity index (χ0v) is 8.21. The van der Waals surface area contributed by atoms with Crippen LogP contribution >= 0.6 is 11.8 Å². The molecule has 0 saturated heterocycles. The third kappa shape index (κ3) is 3.05. The summed E-state index contributed by atoms with van der Waals surface area (Å²) < 4.78 is 4.47. The van der Waals surface area contributed by atoms with Gasteiger partial charge in [-0.1, -0.05) is 0 Å². The Labute approximate surface area is 85.0 Å². The molecule has 0 aliphatic heterocycles. The number of aliphatic imine (C=N–C) groups is 1. The zero-order chi connectivity index (χ0) is 10.4. The Morgan fingerprint density at radius 1 is 1.43 bits per heavy atom. The molecule has 0 N–H and O–H groups in total. The number of carbonyl (C=O) groups excluding carboxylic acids is 2. The van der Waals surface area contributed by atoms with Crippen LogP contribution in [0.1, 0.15) is 0 Å². The molecule has 0 atom stereocenters. The van der Waals surface area contributed by atoms with Crippen molar-refractivity contribution in [2.24, 2.45) is 4.99 Å². The fourth-order valence-electron chi connectivity index (χ4n) is 0.779. The minimum atomic E-state index is -0.378. The van der Waals surface area contributed by atoms with Gasteiger partial charge in [0, 0.05) is 4.90 Å².